The molecule has 3 aromatic heterocycles. The molecule has 0 fully saturated rings. The van der Waals surface area contributed by atoms with Gasteiger partial charge in [0, 0.05) is 37.7 Å². The van der Waals surface area contributed by atoms with Crippen LogP contribution in [0.15, 0.2) is 34.9 Å². The van der Waals surface area contributed by atoms with E-state index < -0.39 is 5.54 Å². The summed E-state index contributed by atoms with van der Waals surface area (Å²) in [5.41, 5.74) is 9.88. The summed E-state index contributed by atoms with van der Waals surface area (Å²) < 4.78 is 11.3. The highest BCUT2D eigenvalue weighted by atomic mass is 16.3. The van der Waals surface area contributed by atoms with E-state index in [1.807, 2.05) is 13.8 Å². The summed E-state index contributed by atoms with van der Waals surface area (Å²) in [7, 11) is 4.22. The molecule has 0 radical (unpaired) electrons. The van der Waals surface area contributed by atoms with Gasteiger partial charge in [-0.25, -0.2) is 6.57 Å². The van der Waals surface area contributed by atoms with Crippen molar-refractivity contribution in [1.29, 1.82) is 0 Å². The molecule has 0 saturated heterocycles. The molecule has 0 aliphatic rings. The number of hydrogen-bond donors (Lipinski definition) is 0. The average molecular weight is 467 g/mol. The predicted octanol–water partition coefficient (Wildman–Crippen LogP) is 7.50. The first-order valence-electron chi connectivity index (χ1n) is 12.4. The Labute approximate surface area is 208 Å². The maximum absolute atomic E-state index is 7.82. The van der Waals surface area contributed by atoms with Crippen molar-refractivity contribution < 1.29 is 8.98 Å². The topological polar surface area (TPSA) is 26.3 Å². The molecule has 0 aliphatic heterocycles. The molecule has 0 saturated carbocycles. The number of pyridine rings is 1. The van der Waals surface area contributed by atoms with Crippen molar-refractivity contribution in [2.75, 3.05) is 0 Å². The summed E-state index contributed by atoms with van der Waals surface area (Å²) in [6.45, 7) is 23.1. The van der Waals surface area contributed by atoms with E-state index in [1.54, 1.807) is 0 Å². The van der Waals surface area contributed by atoms with Crippen LogP contribution in [0.25, 0.3) is 48.7 Å². The van der Waals surface area contributed by atoms with Crippen LogP contribution in [0.1, 0.15) is 56.9 Å². The van der Waals surface area contributed by atoms with Gasteiger partial charge < -0.3 is 13.8 Å². The third-order valence-electron chi connectivity index (χ3n) is 7.40. The zero-order valence-electron chi connectivity index (χ0n) is 22.6. The predicted molar refractivity (Wildman–Crippen MR) is 146 cm³/mol. The van der Waals surface area contributed by atoms with E-state index in [9.17, 15) is 0 Å². The van der Waals surface area contributed by atoms with Gasteiger partial charge in [0.15, 0.2) is 11.8 Å². The van der Waals surface area contributed by atoms with E-state index in [1.165, 1.54) is 32.8 Å². The van der Waals surface area contributed by atoms with Crippen molar-refractivity contribution in [3.63, 3.8) is 0 Å². The lowest BCUT2D eigenvalue weighted by Crippen LogP contribution is -2.28. The molecule has 0 unspecified atom stereocenters. The second-order valence-electron chi connectivity index (χ2n) is 12.2. The van der Waals surface area contributed by atoms with Crippen molar-refractivity contribution in [2.45, 2.75) is 66.8 Å². The molecule has 0 aliphatic carbocycles. The normalized spacial score (nSPS) is 12.9. The van der Waals surface area contributed by atoms with Gasteiger partial charge in [-0.15, -0.1) is 0 Å². The lowest BCUT2D eigenvalue weighted by Gasteiger charge is -2.22. The van der Waals surface area contributed by atoms with E-state index >= 15 is 0 Å². The Bertz CT molecular complexity index is 1700. The SMILES string of the molecule is [C-]#[N+]C(C)(C)Cc1c2oc3cc(CC(C)(C)C)cc4cc(C)c(C)c(c43)c2n(C)c2cc[n+](C)c12. The highest BCUT2D eigenvalue weighted by Crippen LogP contribution is 2.41. The minimum Gasteiger partial charge on any atom is -0.454 e. The van der Waals surface area contributed by atoms with E-state index in [0.29, 0.717) is 6.42 Å². The second-order valence-corrected chi connectivity index (χ2v) is 12.2. The minimum atomic E-state index is -0.528. The van der Waals surface area contributed by atoms with Gasteiger partial charge in [-0.1, -0.05) is 32.9 Å². The molecule has 0 N–H and O–H groups in total. The Morgan fingerprint density at radius 3 is 2.40 bits per heavy atom. The largest absolute Gasteiger partial charge is 0.454 e. The first-order chi connectivity index (χ1) is 16.3. The van der Waals surface area contributed by atoms with Gasteiger partial charge in [0.05, 0.1) is 17.5 Å². The molecule has 3 heterocycles. The molecule has 35 heavy (non-hydrogen) atoms. The molecule has 4 nitrogen and oxygen atoms in total. The van der Waals surface area contributed by atoms with Crippen molar-refractivity contribution in [3.8, 4) is 0 Å². The Morgan fingerprint density at radius 2 is 1.74 bits per heavy atom. The third kappa shape index (κ3) is 3.69. The Kier molecular flexibility index (Phi) is 5.08. The van der Waals surface area contributed by atoms with Gasteiger partial charge in [0.1, 0.15) is 18.1 Å². The van der Waals surface area contributed by atoms with Crippen LogP contribution in [0.4, 0.5) is 0 Å². The number of fused-ring (bicyclic) bond motifs is 3. The van der Waals surface area contributed by atoms with Gasteiger partial charge in [-0.05, 0) is 53.8 Å². The molecule has 0 spiro atoms. The molecule has 180 valence electrons. The van der Waals surface area contributed by atoms with E-state index in [2.05, 4.69) is 93.2 Å². The Morgan fingerprint density at radius 1 is 1.03 bits per heavy atom. The molecule has 5 aromatic rings. The second kappa shape index (κ2) is 7.59. The summed E-state index contributed by atoms with van der Waals surface area (Å²) in [6.07, 6.45) is 3.72. The zero-order valence-corrected chi connectivity index (χ0v) is 22.6. The van der Waals surface area contributed by atoms with Crippen LogP contribution in [0.2, 0.25) is 0 Å². The zero-order chi connectivity index (χ0) is 25.4. The fraction of sp³-hybridized carbons (Fsp3) is 0.419. The summed E-state index contributed by atoms with van der Waals surface area (Å²) >= 11 is 0. The molecule has 0 atom stereocenters. The molecular formula is C31H36N3O+. The van der Waals surface area contributed by atoms with Gasteiger partial charge in [-0.3, -0.25) is 0 Å². The minimum absolute atomic E-state index is 0.183. The number of rotatable bonds is 3. The van der Waals surface area contributed by atoms with Gasteiger partial charge in [-0.2, -0.15) is 4.57 Å². The van der Waals surface area contributed by atoms with Crippen molar-refractivity contribution in [2.24, 2.45) is 19.5 Å². The summed E-state index contributed by atoms with van der Waals surface area (Å²) in [4.78, 5) is 3.96. The standard InChI is InChI=1S/C31H36N3O/c1-18-13-21-14-20(16-30(3,4)5)15-24-26(21)25(19(18)2)28-29(35-24)22(17-31(6,7)32-8)27-23(34(28)10)11-12-33(27)9/h11-15H,16-17H2,1-7,9-10H3/q+1. The smallest absolute Gasteiger partial charge is 0.236 e. The number of benzene rings is 2. The third-order valence-corrected chi connectivity index (χ3v) is 7.40. The molecule has 0 amide bonds. The Balaban J connectivity index is 2.04. The molecular weight excluding hydrogens is 430 g/mol. The van der Waals surface area contributed by atoms with Crippen molar-refractivity contribution >= 4 is 43.9 Å². The maximum atomic E-state index is 7.82. The number of aryl methyl sites for hydroxylation is 4. The first kappa shape index (κ1) is 23.4. The molecule has 2 aromatic carbocycles. The monoisotopic (exact) mass is 466 g/mol. The van der Waals surface area contributed by atoms with E-state index in [-0.39, 0.29) is 5.41 Å². The van der Waals surface area contributed by atoms with Crippen molar-refractivity contribution in [3.05, 3.63) is 64.1 Å². The molecule has 4 heteroatoms. The van der Waals surface area contributed by atoms with Gasteiger partial charge in [0.2, 0.25) is 11.1 Å². The average Bonchev–Trinajstić information content (AvgIpc) is 3.14. The van der Waals surface area contributed by atoms with Crippen LogP contribution in [0.5, 0.6) is 0 Å². The van der Waals surface area contributed by atoms with E-state index in [4.69, 9.17) is 11.0 Å². The van der Waals surface area contributed by atoms with Crippen LogP contribution < -0.4 is 4.57 Å². The lowest BCUT2D eigenvalue weighted by atomic mass is 9.86. The molecule has 5 rings (SSSR count). The van der Waals surface area contributed by atoms with Gasteiger partial charge >= 0.3 is 0 Å². The van der Waals surface area contributed by atoms with Crippen LogP contribution in [0.3, 0.4) is 0 Å². The summed E-state index contributed by atoms with van der Waals surface area (Å²) in [6, 6.07) is 9.07. The highest BCUT2D eigenvalue weighted by molar-refractivity contribution is 6.20. The number of hydrogen-bond acceptors (Lipinski definition) is 1. The maximum Gasteiger partial charge on any atom is 0.236 e. The fourth-order valence-electron chi connectivity index (χ4n) is 5.71. The molecule has 0 bridgehead atoms. The summed E-state index contributed by atoms with van der Waals surface area (Å²) in [5, 5.41) is 3.69. The number of nitrogens with zero attached hydrogens (tertiary/aromatic N) is 3. The highest BCUT2D eigenvalue weighted by Gasteiger charge is 2.32. The lowest BCUT2D eigenvalue weighted by molar-refractivity contribution is -0.642. The first-order valence-corrected chi connectivity index (χ1v) is 12.4. The summed E-state index contributed by atoms with van der Waals surface area (Å²) in [5.74, 6) is 0. The van der Waals surface area contributed by atoms with Gasteiger partial charge in [0.25, 0.3) is 0 Å². The van der Waals surface area contributed by atoms with Crippen LogP contribution in [-0.2, 0) is 26.9 Å². The number of aromatic nitrogens is 2. The fourth-order valence-corrected chi connectivity index (χ4v) is 5.71. The van der Waals surface area contributed by atoms with E-state index in [0.717, 1.165) is 39.7 Å². The Hall–Kier alpha value is -3.32. The van der Waals surface area contributed by atoms with Crippen molar-refractivity contribution in [1.82, 2.24) is 4.57 Å². The van der Waals surface area contributed by atoms with Crippen LogP contribution in [0, 0.1) is 25.8 Å². The van der Waals surface area contributed by atoms with Crippen LogP contribution in [-0.4, -0.2) is 10.1 Å². The van der Waals surface area contributed by atoms with Crippen LogP contribution >= 0.6 is 0 Å². The quantitative estimate of drug-likeness (QED) is 0.117.